The number of nitrogens with one attached hydrogen (secondary N) is 1. The largest absolute Gasteiger partial charge is 0.351 e. The molecule has 1 aliphatic heterocycles. The summed E-state index contributed by atoms with van der Waals surface area (Å²) in [5, 5.41) is 3.85. The first-order valence-corrected chi connectivity index (χ1v) is 10.1. The van der Waals surface area contributed by atoms with E-state index in [2.05, 4.69) is 10.3 Å². The Balaban J connectivity index is 1.45. The number of hydrogen-bond donors (Lipinski definition) is 1. The molecule has 5 nitrogen and oxygen atoms in total. The minimum absolute atomic E-state index is 0.0590. The zero-order chi connectivity index (χ0) is 18.4. The molecule has 1 aliphatic rings. The smallest absolute Gasteiger partial charge is 0.263 e. The van der Waals surface area contributed by atoms with Gasteiger partial charge in [-0.2, -0.15) is 0 Å². The first-order valence-electron chi connectivity index (χ1n) is 9.24. The lowest BCUT2D eigenvalue weighted by Crippen LogP contribution is -2.36. The molecule has 0 radical (unpaired) electrons. The maximum atomic E-state index is 12.4. The molecule has 3 rings (SSSR count). The van der Waals surface area contributed by atoms with Crippen molar-refractivity contribution in [1.29, 1.82) is 0 Å². The zero-order valence-corrected chi connectivity index (χ0v) is 16.0. The highest BCUT2D eigenvalue weighted by molar-refractivity contribution is 7.17. The number of thiazole rings is 1. The third-order valence-corrected chi connectivity index (χ3v) is 5.79. The summed E-state index contributed by atoms with van der Waals surface area (Å²) in [6.07, 6.45) is 4.61. The topological polar surface area (TPSA) is 62.3 Å². The Hall–Kier alpha value is -2.21. The van der Waals surface area contributed by atoms with Crippen LogP contribution in [0, 0.1) is 6.92 Å². The third-order valence-electron chi connectivity index (χ3n) is 4.59. The second-order valence-corrected chi connectivity index (χ2v) is 7.60. The van der Waals surface area contributed by atoms with Crippen molar-refractivity contribution in [2.75, 3.05) is 19.6 Å². The Labute approximate surface area is 158 Å². The van der Waals surface area contributed by atoms with Crippen molar-refractivity contribution in [2.24, 2.45) is 0 Å². The predicted molar refractivity (Wildman–Crippen MR) is 104 cm³/mol. The van der Waals surface area contributed by atoms with E-state index in [0.29, 0.717) is 17.8 Å². The number of nitrogens with zero attached hydrogens (tertiary/aromatic N) is 2. The van der Waals surface area contributed by atoms with Gasteiger partial charge in [-0.25, -0.2) is 4.98 Å². The van der Waals surface area contributed by atoms with Crippen molar-refractivity contribution in [3.8, 4) is 10.6 Å². The Morgan fingerprint density at radius 3 is 2.81 bits per heavy atom. The minimum atomic E-state index is -0.0590. The number of aromatic nitrogens is 1. The fourth-order valence-electron chi connectivity index (χ4n) is 3.12. The molecule has 2 amide bonds. The van der Waals surface area contributed by atoms with Crippen LogP contribution in [-0.2, 0) is 4.79 Å². The Morgan fingerprint density at radius 2 is 2.04 bits per heavy atom. The molecule has 138 valence electrons. The number of benzene rings is 1. The van der Waals surface area contributed by atoms with Crippen LogP contribution in [0.4, 0.5) is 0 Å². The monoisotopic (exact) mass is 371 g/mol. The molecule has 0 bridgehead atoms. The molecule has 0 atom stereocenters. The summed E-state index contributed by atoms with van der Waals surface area (Å²) in [5.74, 6) is 0.213. The summed E-state index contributed by atoms with van der Waals surface area (Å²) < 4.78 is 0. The van der Waals surface area contributed by atoms with Gasteiger partial charge in [0.2, 0.25) is 5.91 Å². The van der Waals surface area contributed by atoms with E-state index < -0.39 is 0 Å². The van der Waals surface area contributed by atoms with Gasteiger partial charge in [-0.05, 0) is 32.6 Å². The second kappa shape index (κ2) is 8.94. The molecule has 1 saturated heterocycles. The number of likely N-dealkylation sites (tertiary alicyclic amines) is 1. The Kier molecular flexibility index (Phi) is 6.39. The molecule has 0 unspecified atom stereocenters. The molecule has 1 aromatic carbocycles. The second-order valence-electron chi connectivity index (χ2n) is 6.60. The van der Waals surface area contributed by atoms with Gasteiger partial charge in [0.25, 0.3) is 5.91 Å². The first kappa shape index (κ1) is 18.6. The number of unbranched alkanes of at least 4 members (excludes halogenated alkanes) is 1. The number of aryl methyl sites for hydroxylation is 1. The van der Waals surface area contributed by atoms with Crippen LogP contribution in [0.2, 0.25) is 0 Å². The Morgan fingerprint density at radius 1 is 1.23 bits per heavy atom. The highest BCUT2D eigenvalue weighted by Gasteiger charge is 2.18. The molecule has 6 heteroatoms. The Bertz CT molecular complexity index is 758. The zero-order valence-electron chi connectivity index (χ0n) is 15.2. The molecule has 26 heavy (non-hydrogen) atoms. The van der Waals surface area contributed by atoms with Crippen molar-refractivity contribution in [3.63, 3.8) is 0 Å². The SMILES string of the molecule is Cc1nc(-c2ccccc2)sc1C(=O)NCCCCN1CCCCC1=O. The molecule has 0 spiro atoms. The van der Waals surface area contributed by atoms with Gasteiger partial charge in [0, 0.05) is 31.6 Å². The van der Waals surface area contributed by atoms with Gasteiger partial charge in [0.15, 0.2) is 0 Å². The maximum absolute atomic E-state index is 12.4. The van der Waals surface area contributed by atoms with Crippen LogP contribution in [0.3, 0.4) is 0 Å². The highest BCUT2D eigenvalue weighted by Crippen LogP contribution is 2.27. The third kappa shape index (κ3) is 4.69. The van der Waals surface area contributed by atoms with E-state index in [-0.39, 0.29) is 11.8 Å². The molecule has 2 aromatic rings. The average molecular weight is 372 g/mol. The molecule has 2 heterocycles. The van der Waals surface area contributed by atoms with E-state index in [1.807, 2.05) is 42.2 Å². The lowest BCUT2D eigenvalue weighted by atomic mass is 10.1. The molecule has 1 aromatic heterocycles. The van der Waals surface area contributed by atoms with Crippen LogP contribution in [-0.4, -0.2) is 41.3 Å². The quantitative estimate of drug-likeness (QED) is 0.756. The average Bonchev–Trinajstić information content (AvgIpc) is 3.05. The van der Waals surface area contributed by atoms with Gasteiger partial charge in [-0.1, -0.05) is 30.3 Å². The number of hydrogen-bond acceptors (Lipinski definition) is 4. The summed E-state index contributed by atoms with van der Waals surface area (Å²) in [6.45, 7) is 4.18. The number of piperidine rings is 1. The number of rotatable bonds is 7. The number of carbonyl (C=O) groups excluding carboxylic acids is 2. The minimum Gasteiger partial charge on any atom is -0.351 e. The summed E-state index contributed by atoms with van der Waals surface area (Å²) in [7, 11) is 0. The van der Waals surface area contributed by atoms with E-state index in [1.54, 1.807) is 0 Å². The van der Waals surface area contributed by atoms with Crippen LogP contribution < -0.4 is 5.32 Å². The van der Waals surface area contributed by atoms with Crippen molar-refractivity contribution < 1.29 is 9.59 Å². The van der Waals surface area contributed by atoms with E-state index in [0.717, 1.165) is 55.0 Å². The maximum Gasteiger partial charge on any atom is 0.263 e. The van der Waals surface area contributed by atoms with Gasteiger partial charge in [0.05, 0.1) is 5.69 Å². The van der Waals surface area contributed by atoms with Gasteiger partial charge in [0.1, 0.15) is 9.88 Å². The van der Waals surface area contributed by atoms with Crippen LogP contribution >= 0.6 is 11.3 Å². The molecule has 1 fully saturated rings. The molecule has 0 saturated carbocycles. The fourth-order valence-corrected chi connectivity index (χ4v) is 4.11. The summed E-state index contributed by atoms with van der Waals surface area (Å²) in [5.41, 5.74) is 1.80. The van der Waals surface area contributed by atoms with Gasteiger partial charge < -0.3 is 10.2 Å². The highest BCUT2D eigenvalue weighted by atomic mass is 32.1. The van der Waals surface area contributed by atoms with E-state index in [9.17, 15) is 9.59 Å². The predicted octanol–water partition coefficient (Wildman–Crippen LogP) is 3.64. The molecular formula is C20H25N3O2S. The van der Waals surface area contributed by atoms with Crippen molar-refractivity contribution in [3.05, 3.63) is 40.9 Å². The molecular weight excluding hydrogens is 346 g/mol. The van der Waals surface area contributed by atoms with E-state index in [4.69, 9.17) is 0 Å². The summed E-state index contributed by atoms with van der Waals surface area (Å²) in [6, 6.07) is 9.91. The number of amides is 2. The van der Waals surface area contributed by atoms with Crippen LogP contribution in [0.15, 0.2) is 30.3 Å². The molecule has 0 aliphatic carbocycles. The summed E-state index contributed by atoms with van der Waals surface area (Å²) in [4.78, 5) is 31.3. The van der Waals surface area contributed by atoms with Crippen molar-refractivity contribution >= 4 is 23.2 Å². The van der Waals surface area contributed by atoms with Crippen LogP contribution in [0.25, 0.3) is 10.6 Å². The molecule has 1 N–H and O–H groups in total. The summed E-state index contributed by atoms with van der Waals surface area (Å²) >= 11 is 1.43. The van der Waals surface area contributed by atoms with Crippen molar-refractivity contribution in [1.82, 2.24) is 15.2 Å². The van der Waals surface area contributed by atoms with Crippen LogP contribution in [0.5, 0.6) is 0 Å². The first-order chi connectivity index (χ1) is 12.6. The van der Waals surface area contributed by atoms with Gasteiger partial charge in [-0.15, -0.1) is 11.3 Å². The lowest BCUT2D eigenvalue weighted by molar-refractivity contribution is -0.133. The van der Waals surface area contributed by atoms with Gasteiger partial charge in [-0.3, -0.25) is 9.59 Å². The van der Waals surface area contributed by atoms with E-state index in [1.165, 1.54) is 11.3 Å². The van der Waals surface area contributed by atoms with Crippen molar-refractivity contribution in [2.45, 2.75) is 39.0 Å². The van der Waals surface area contributed by atoms with Gasteiger partial charge >= 0.3 is 0 Å². The van der Waals surface area contributed by atoms with Crippen LogP contribution in [0.1, 0.15) is 47.5 Å². The number of carbonyl (C=O) groups is 2. The normalized spacial score (nSPS) is 14.5. The fraction of sp³-hybridized carbons (Fsp3) is 0.450. The van der Waals surface area contributed by atoms with E-state index >= 15 is 0 Å². The lowest BCUT2D eigenvalue weighted by Gasteiger charge is -2.26. The standard InChI is InChI=1S/C20H25N3O2S/c1-15-18(26-20(22-15)16-9-3-2-4-10-16)19(25)21-12-6-8-14-23-13-7-5-11-17(23)24/h2-4,9-10H,5-8,11-14H2,1H3,(H,21,25).